The summed E-state index contributed by atoms with van der Waals surface area (Å²) in [6.07, 6.45) is 3.84. The number of pyridine rings is 2. The van der Waals surface area contributed by atoms with Crippen molar-refractivity contribution in [3.05, 3.63) is 92.9 Å². The number of piperazine rings is 1. The molecular weight excluding hydrogens is 520 g/mol. The van der Waals surface area contributed by atoms with Crippen LogP contribution in [0.1, 0.15) is 24.1 Å². The third-order valence-corrected chi connectivity index (χ3v) is 8.08. The van der Waals surface area contributed by atoms with E-state index in [1.807, 2.05) is 36.1 Å². The van der Waals surface area contributed by atoms with Gasteiger partial charge in [-0.3, -0.25) is 9.69 Å². The molecule has 2 aliphatic heterocycles. The van der Waals surface area contributed by atoms with Gasteiger partial charge < -0.3 is 14.4 Å². The van der Waals surface area contributed by atoms with Crippen LogP contribution in [0.4, 0.5) is 20.3 Å². The van der Waals surface area contributed by atoms with E-state index >= 15 is 8.78 Å². The molecular formula is C30H30ClF2N5O. The third kappa shape index (κ3) is 4.99. The van der Waals surface area contributed by atoms with Crippen molar-refractivity contribution in [1.29, 1.82) is 0 Å². The number of benzene rings is 2. The second-order valence-electron chi connectivity index (χ2n) is 10.3. The molecule has 2 saturated heterocycles. The third-order valence-electron chi connectivity index (χ3n) is 7.72. The summed E-state index contributed by atoms with van der Waals surface area (Å²) in [5.74, 6) is -0.0963. The highest BCUT2D eigenvalue weighted by molar-refractivity contribution is 6.38. The van der Waals surface area contributed by atoms with Crippen LogP contribution in [0.3, 0.4) is 0 Å². The molecule has 0 bridgehead atoms. The zero-order valence-corrected chi connectivity index (χ0v) is 22.6. The highest BCUT2D eigenvalue weighted by atomic mass is 35.5. The van der Waals surface area contributed by atoms with Gasteiger partial charge in [0.15, 0.2) is 5.43 Å². The SMILES string of the molecule is Cc1cccc(N2CCN(c3c(F)cc4c(=O)ccn(-c5ccc(CN6CCCC6)cc5F)c4c3Cl)CC2)n1. The molecule has 0 unspecified atom stereocenters. The number of nitrogens with zero attached hydrogens (tertiary/aromatic N) is 5. The molecule has 0 radical (unpaired) electrons. The van der Waals surface area contributed by atoms with Gasteiger partial charge in [-0.15, -0.1) is 0 Å². The monoisotopic (exact) mass is 549 g/mol. The molecule has 202 valence electrons. The minimum absolute atomic E-state index is 0.102. The zero-order valence-electron chi connectivity index (χ0n) is 21.8. The fourth-order valence-electron chi connectivity index (χ4n) is 5.73. The second-order valence-corrected chi connectivity index (χ2v) is 10.7. The summed E-state index contributed by atoms with van der Waals surface area (Å²) in [7, 11) is 0. The van der Waals surface area contributed by atoms with Crippen LogP contribution < -0.4 is 15.2 Å². The molecule has 2 aliphatic rings. The Morgan fingerprint density at radius 3 is 2.36 bits per heavy atom. The first-order valence-corrected chi connectivity index (χ1v) is 13.7. The van der Waals surface area contributed by atoms with E-state index in [1.54, 1.807) is 10.6 Å². The van der Waals surface area contributed by atoms with Crippen molar-refractivity contribution in [2.24, 2.45) is 0 Å². The summed E-state index contributed by atoms with van der Waals surface area (Å²) < 4.78 is 32.5. The minimum Gasteiger partial charge on any atom is -0.364 e. The zero-order chi connectivity index (χ0) is 27.1. The summed E-state index contributed by atoms with van der Waals surface area (Å²) in [6.45, 7) is 7.01. The molecule has 6 rings (SSSR count). The van der Waals surface area contributed by atoms with Crippen molar-refractivity contribution in [1.82, 2.24) is 14.5 Å². The molecule has 2 aromatic heterocycles. The van der Waals surface area contributed by atoms with Crippen LogP contribution in [0.25, 0.3) is 16.6 Å². The Morgan fingerprint density at radius 2 is 1.64 bits per heavy atom. The normalized spacial score (nSPS) is 16.4. The summed E-state index contributed by atoms with van der Waals surface area (Å²) in [5.41, 5.74) is 2.26. The second kappa shape index (κ2) is 10.6. The number of aryl methyl sites for hydroxylation is 1. The maximum Gasteiger partial charge on any atom is 0.189 e. The molecule has 4 heterocycles. The maximum absolute atomic E-state index is 15.5. The first kappa shape index (κ1) is 25.8. The van der Waals surface area contributed by atoms with E-state index in [4.69, 9.17) is 11.6 Å². The smallest absolute Gasteiger partial charge is 0.189 e. The molecule has 0 spiro atoms. The Morgan fingerprint density at radius 1 is 0.897 bits per heavy atom. The van der Waals surface area contributed by atoms with Crippen LogP contribution in [-0.4, -0.2) is 53.7 Å². The van der Waals surface area contributed by atoms with Gasteiger partial charge in [-0.05, 0) is 68.8 Å². The molecule has 0 aliphatic carbocycles. The summed E-state index contributed by atoms with van der Waals surface area (Å²) >= 11 is 6.88. The van der Waals surface area contributed by atoms with Crippen molar-refractivity contribution < 1.29 is 8.78 Å². The average molecular weight is 550 g/mol. The van der Waals surface area contributed by atoms with Gasteiger partial charge in [0.2, 0.25) is 0 Å². The number of hydrogen-bond donors (Lipinski definition) is 0. The lowest BCUT2D eigenvalue weighted by Crippen LogP contribution is -2.47. The number of aromatic nitrogens is 2. The molecule has 2 aromatic carbocycles. The fourth-order valence-corrected chi connectivity index (χ4v) is 6.13. The van der Waals surface area contributed by atoms with Crippen molar-refractivity contribution in [3.8, 4) is 5.69 Å². The molecule has 39 heavy (non-hydrogen) atoms. The predicted octanol–water partition coefficient (Wildman–Crippen LogP) is 5.55. The van der Waals surface area contributed by atoms with Crippen LogP contribution in [0, 0.1) is 18.6 Å². The van der Waals surface area contributed by atoms with Gasteiger partial charge in [0.25, 0.3) is 0 Å². The quantitative estimate of drug-likeness (QED) is 0.327. The van der Waals surface area contributed by atoms with Gasteiger partial charge in [0, 0.05) is 50.7 Å². The van der Waals surface area contributed by atoms with E-state index < -0.39 is 11.6 Å². The van der Waals surface area contributed by atoms with Gasteiger partial charge >= 0.3 is 0 Å². The lowest BCUT2D eigenvalue weighted by molar-refractivity contribution is 0.331. The first-order chi connectivity index (χ1) is 18.9. The van der Waals surface area contributed by atoms with Crippen LogP contribution in [0.5, 0.6) is 0 Å². The molecule has 4 aromatic rings. The van der Waals surface area contributed by atoms with Crippen molar-refractivity contribution in [2.45, 2.75) is 26.3 Å². The van der Waals surface area contributed by atoms with Crippen LogP contribution >= 0.6 is 11.6 Å². The van der Waals surface area contributed by atoms with E-state index in [9.17, 15) is 4.79 Å². The van der Waals surface area contributed by atoms with E-state index in [2.05, 4.69) is 14.8 Å². The molecule has 0 atom stereocenters. The Balaban J connectivity index is 1.35. The summed E-state index contributed by atoms with van der Waals surface area (Å²) in [5, 5.41) is 0.220. The molecule has 6 nitrogen and oxygen atoms in total. The molecule has 2 fully saturated rings. The number of anilines is 2. The van der Waals surface area contributed by atoms with Crippen LogP contribution in [0.2, 0.25) is 5.02 Å². The van der Waals surface area contributed by atoms with Gasteiger partial charge in [0.1, 0.15) is 17.5 Å². The highest BCUT2D eigenvalue weighted by Crippen LogP contribution is 2.37. The largest absolute Gasteiger partial charge is 0.364 e. The lowest BCUT2D eigenvalue weighted by atomic mass is 10.1. The molecule has 0 N–H and O–H groups in total. The van der Waals surface area contributed by atoms with Crippen molar-refractivity contribution in [3.63, 3.8) is 0 Å². The summed E-state index contributed by atoms with van der Waals surface area (Å²) in [6, 6.07) is 13.6. The number of likely N-dealkylation sites (tertiary alicyclic amines) is 1. The molecule has 0 amide bonds. The average Bonchev–Trinajstić information content (AvgIpc) is 3.43. The minimum atomic E-state index is -0.564. The van der Waals surface area contributed by atoms with E-state index in [1.165, 1.54) is 37.2 Å². The van der Waals surface area contributed by atoms with E-state index in [0.717, 1.165) is 30.2 Å². The highest BCUT2D eigenvalue weighted by Gasteiger charge is 2.26. The fraction of sp³-hybridized carbons (Fsp3) is 0.333. The molecule has 9 heteroatoms. The standard InChI is InChI=1S/C30H30ClF2N5O/c1-20-5-4-6-27(34-20)36-13-15-37(16-14-36)30-24(33)18-22-26(39)9-12-38(29(22)28(30)31)25-8-7-21(17-23(25)32)19-35-10-2-3-11-35/h4-9,12,17-18H,2-3,10-11,13-16,19H2,1H3. The van der Waals surface area contributed by atoms with Gasteiger partial charge in [0.05, 0.1) is 27.3 Å². The van der Waals surface area contributed by atoms with Crippen LogP contribution in [0.15, 0.2) is 59.5 Å². The topological polar surface area (TPSA) is 44.6 Å². The Hall–Kier alpha value is -3.49. The van der Waals surface area contributed by atoms with E-state index in [0.29, 0.717) is 38.2 Å². The van der Waals surface area contributed by atoms with Gasteiger partial charge in [-0.25, -0.2) is 13.8 Å². The Labute approximate surface area is 231 Å². The Bertz CT molecular complexity index is 1590. The number of hydrogen-bond acceptors (Lipinski definition) is 5. The number of rotatable bonds is 5. The lowest BCUT2D eigenvalue weighted by Gasteiger charge is -2.37. The number of fused-ring (bicyclic) bond motifs is 1. The van der Waals surface area contributed by atoms with Crippen LogP contribution in [-0.2, 0) is 6.54 Å². The maximum atomic E-state index is 15.5. The first-order valence-electron chi connectivity index (χ1n) is 13.4. The number of halogens is 3. The van der Waals surface area contributed by atoms with Gasteiger partial charge in [-0.1, -0.05) is 23.7 Å². The van der Waals surface area contributed by atoms with Crippen molar-refractivity contribution in [2.75, 3.05) is 49.1 Å². The van der Waals surface area contributed by atoms with Crippen molar-refractivity contribution >= 4 is 34.0 Å². The van der Waals surface area contributed by atoms with E-state index in [-0.39, 0.29) is 27.2 Å². The Kier molecular flexibility index (Phi) is 6.99. The predicted molar refractivity (Wildman–Crippen MR) is 152 cm³/mol. The summed E-state index contributed by atoms with van der Waals surface area (Å²) in [4.78, 5) is 23.7. The molecule has 0 saturated carbocycles. The van der Waals surface area contributed by atoms with Gasteiger partial charge in [-0.2, -0.15) is 0 Å².